The molecule has 0 aliphatic rings. The summed E-state index contributed by atoms with van der Waals surface area (Å²) in [7, 11) is 0. The molecule has 2 aromatic rings. The number of rotatable bonds is 4. The molecular weight excluding hydrogens is 296 g/mol. The summed E-state index contributed by atoms with van der Waals surface area (Å²) in [5, 5.41) is 4.55. The van der Waals surface area contributed by atoms with Gasteiger partial charge in [0.15, 0.2) is 0 Å². The van der Waals surface area contributed by atoms with Crippen LogP contribution in [0.2, 0.25) is 0 Å². The summed E-state index contributed by atoms with van der Waals surface area (Å²) < 4.78 is 1.17. The second kappa shape index (κ2) is 5.76. The van der Waals surface area contributed by atoms with Gasteiger partial charge in [-0.1, -0.05) is 28.1 Å². The minimum atomic E-state index is 0.837. The first kappa shape index (κ1) is 12.7. The van der Waals surface area contributed by atoms with E-state index in [1.807, 2.05) is 6.20 Å². The Morgan fingerprint density at radius 1 is 1.29 bits per heavy atom. The molecule has 0 bridgehead atoms. The van der Waals surface area contributed by atoms with Crippen molar-refractivity contribution in [2.45, 2.75) is 26.9 Å². The number of nitrogens with zero attached hydrogens (tertiary/aromatic N) is 1. The van der Waals surface area contributed by atoms with E-state index < -0.39 is 0 Å². The Kier molecular flexibility index (Phi) is 4.31. The quantitative estimate of drug-likeness (QED) is 0.928. The van der Waals surface area contributed by atoms with Gasteiger partial charge in [-0.15, -0.1) is 11.3 Å². The predicted molar refractivity (Wildman–Crippen MR) is 76.3 cm³/mol. The van der Waals surface area contributed by atoms with Crippen LogP contribution >= 0.6 is 27.3 Å². The number of hydrogen-bond donors (Lipinski definition) is 1. The Balaban J connectivity index is 1.87. The highest BCUT2D eigenvalue weighted by atomic mass is 79.9. The Morgan fingerprint density at radius 2 is 2.12 bits per heavy atom. The van der Waals surface area contributed by atoms with Crippen LogP contribution in [0.3, 0.4) is 0 Å². The molecule has 1 heterocycles. The minimum Gasteiger partial charge on any atom is -0.306 e. The zero-order chi connectivity index (χ0) is 12.3. The lowest BCUT2D eigenvalue weighted by molar-refractivity contribution is 0.689. The van der Waals surface area contributed by atoms with E-state index in [9.17, 15) is 0 Å². The molecule has 0 amide bonds. The third-order valence-corrected chi connectivity index (χ3v) is 4.28. The third kappa shape index (κ3) is 3.63. The van der Waals surface area contributed by atoms with Crippen molar-refractivity contribution in [3.05, 3.63) is 49.9 Å². The van der Waals surface area contributed by atoms with Gasteiger partial charge < -0.3 is 5.32 Å². The van der Waals surface area contributed by atoms with Crippen molar-refractivity contribution < 1.29 is 0 Å². The van der Waals surface area contributed by atoms with E-state index in [0.29, 0.717) is 0 Å². The molecule has 0 spiro atoms. The molecule has 0 fully saturated rings. The second-order valence-electron chi connectivity index (χ2n) is 4.05. The van der Waals surface area contributed by atoms with Crippen molar-refractivity contribution in [3.63, 3.8) is 0 Å². The molecule has 0 atom stereocenters. The maximum absolute atomic E-state index is 4.33. The number of nitrogens with one attached hydrogen (secondary N) is 1. The van der Waals surface area contributed by atoms with E-state index in [2.05, 4.69) is 58.3 Å². The highest BCUT2D eigenvalue weighted by molar-refractivity contribution is 9.10. The van der Waals surface area contributed by atoms with Gasteiger partial charge in [0.2, 0.25) is 0 Å². The molecule has 0 saturated carbocycles. The van der Waals surface area contributed by atoms with Gasteiger partial charge in [-0.2, -0.15) is 0 Å². The summed E-state index contributed by atoms with van der Waals surface area (Å²) in [5.74, 6) is 0. The molecule has 0 aliphatic carbocycles. The second-order valence-corrected chi connectivity index (χ2v) is 6.23. The fourth-order valence-electron chi connectivity index (χ4n) is 1.54. The van der Waals surface area contributed by atoms with E-state index >= 15 is 0 Å². The number of thiazole rings is 1. The molecule has 1 N–H and O–H groups in total. The molecule has 1 aromatic heterocycles. The van der Waals surface area contributed by atoms with Gasteiger partial charge in [0.1, 0.15) is 5.01 Å². The van der Waals surface area contributed by atoms with Crippen LogP contribution in [-0.2, 0) is 13.1 Å². The number of halogens is 1. The largest absolute Gasteiger partial charge is 0.306 e. The van der Waals surface area contributed by atoms with Gasteiger partial charge in [0, 0.05) is 28.6 Å². The first-order valence-corrected chi connectivity index (χ1v) is 7.13. The van der Waals surface area contributed by atoms with E-state index in [1.165, 1.54) is 20.5 Å². The zero-order valence-corrected chi connectivity index (χ0v) is 12.4. The molecule has 0 unspecified atom stereocenters. The lowest BCUT2D eigenvalue weighted by atomic mass is 10.1. The van der Waals surface area contributed by atoms with Crippen molar-refractivity contribution in [3.8, 4) is 0 Å². The zero-order valence-electron chi connectivity index (χ0n) is 9.96. The van der Waals surface area contributed by atoms with Gasteiger partial charge in [0.05, 0.1) is 0 Å². The summed E-state index contributed by atoms with van der Waals surface area (Å²) in [4.78, 5) is 5.59. The summed E-state index contributed by atoms with van der Waals surface area (Å²) in [6, 6.07) is 6.45. The van der Waals surface area contributed by atoms with Gasteiger partial charge in [-0.3, -0.25) is 0 Å². The average Bonchev–Trinajstić information content (AvgIpc) is 2.70. The highest BCUT2D eigenvalue weighted by Crippen LogP contribution is 2.17. The minimum absolute atomic E-state index is 0.837. The maximum atomic E-state index is 4.33. The van der Waals surface area contributed by atoms with Crippen LogP contribution in [0.25, 0.3) is 0 Å². The van der Waals surface area contributed by atoms with E-state index in [4.69, 9.17) is 0 Å². The molecule has 2 nitrogen and oxygen atoms in total. The predicted octanol–water partition coefficient (Wildman–Crippen LogP) is 3.81. The fourth-order valence-corrected chi connectivity index (χ4v) is 2.73. The lowest BCUT2D eigenvalue weighted by Crippen LogP contribution is -2.12. The van der Waals surface area contributed by atoms with E-state index in [-0.39, 0.29) is 0 Å². The van der Waals surface area contributed by atoms with Crippen molar-refractivity contribution in [2.75, 3.05) is 0 Å². The average molecular weight is 311 g/mol. The van der Waals surface area contributed by atoms with E-state index in [1.54, 1.807) is 11.3 Å². The van der Waals surface area contributed by atoms with E-state index in [0.717, 1.165) is 18.1 Å². The Bertz CT molecular complexity index is 508. The molecule has 2 rings (SSSR count). The molecule has 0 aliphatic heterocycles. The fraction of sp³-hybridized carbons (Fsp3) is 0.308. The maximum Gasteiger partial charge on any atom is 0.107 e. The normalized spacial score (nSPS) is 10.8. The summed E-state index contributed by atoms with van der Waals surface area (Å²) in [5.41, 5.74) is 2.56. The van der Waals surface area contributed by atoms with Gasteiger partial charge in [0.25, 0.3) is 0 Å². The molecule has 0 radical (unpaired) electrons. The van der Waals surface area contributed by atoms with Crippen LogP contribution in [0.5, 0.6) is 0 Å². The standard InChI is InChI=1S/C13H15BrN2S/c1-9-3-4-11(5-12(9)14)7-15-8-13-16-6-10(2)17-13/h3-6,15H,7-8H2,1-2H3. The molecule has 1 aromatic carbocycles. The first-order chi connectivity index (χ1) is 8.15. The van der Waals surface area contributed by atoms with Crippen LogP contribution in [0.1, 0.15) is 21.0 Å². The number of aromatic nitrogens is 1. The SMILES string of the molecule is Cc1cnc(CNCc2ccc(C)c(Br)c2)s1. The Labute approximate surface area is 114 Å². The van der Waals surface area contributed by atoms with Gasteiger partial charge in [-0.25, -0.2) is 4.98 Å². The van der Waals surface area contributed by atoms with Gasteiger partial charge in [-0.05, 0) is 31.0 Å². The summed E-state index contributed by atoms with van der Waals surface area (Å²) in [6.07, 6.45) is 1.92. The van der Waals surface area contributed by atoms with Crippen molar-refractivity contribution >= 4 is 27.3 Å². The summed E-state index contributed by atoms with van der Waals surface area (Å²) >= 11 is 5.29. The number of aryl methyl sites for hydroxylation is 2. The molecule has 90 valence electrons. The first-order valence-electron chi connectivity index (χ1n) is 5.52. The monoisotopic (exact) mass is 310 g/mol. The van der Waals surface area contributed by atoms with Crippen LogP contribution in [0.15, 0.2) is 28.9 Å². The topological polar surface area (TPSA) is 24.9 Å². The number of hydrogen-bond acceptors (Lipinski definition) is 3. The Morgan fingerprint density at radius 3 is 2.76 bits per heavy atom. The number of benzene rings is 1. The summed E-state index contributed by atoms with van der Waals surface area (Å²) in [6.45, 7) is 5.89. The third-order valence-electron chi connectivity index (χ3n) is 2.51. The smallest absolute Gasteiger partial charge is 0.107 e. The Hall–Kier alpha value is -0.710. The van der Waals surface area contributed by atoms with Crippen molar-refractivity contribution in [2.24, 2.45) is 0 Å². The highest BCUT2D eigenvalue weighted by Gasteiger charge is 2.00. The molecule has 0 saturated heterocycles. The molecular formula is C13H15BrN2S. The van der Waals surface area contributed by atoms with Crippen LogP contribution in [-0.4, -0.2) is 4.98 Å². The van der Waals surface area contributed by atoms with Crippen molar-refractivity contribution in [1.29, 1.82) is 0 Å². The van der Waals surface area contributed by atoms with Crippen LogP contribution in [0.4, 0.5) is 0 Å². The van der Waals surface area contributed by atoms with Crippen LogP contribution < -0.4 is 5.32 Å². The van der Waals surface area contributed by atoms with Crippen molar-refractivity contribution in [1.82, 2.24) is 10.3 Å². The molecule has 4 heteroatoms. The molecule has 17 heavy (non-hydrogen) atoms. The lowest BCUT2D eigenvalue weighted by Gasteiger charge is -2.05. The van der Waals surface area contributed by atoms with Crippen LogP contribution in [0, 0.1) is 13.8 Å². The van der Waals surface area contributed by atoms with Gasteiger partial charge >= 0.3 is 0 Å².